The first kappa shape index (κ1) is 12.6. The molecular formula is C11H11N3O3S. The summed E-state index contributed by atoms with van der Waals surface area (Å²) in [4.78, 5) is 15.1. The SMILES string of the molecule is Cn1c(CO)cnc1Sc1ccccc1[N+](=O)[O-]. The van der Waals surface area contributed by atoms with Crippen molar-refractivity contribution in [3.63, 3.8) is 0 Å². The number of rotatable bonds is 4. The maximum atomic E-state index is 10.9. The first-order chi connectivity index (χ1) is 8.63. The Hall–Kier alpha value is -1.86. The highest BCUT2D eigenvalue weighted by molar-refractivity contribution is 7.99. The number of nitrogens with zero attached hydrogens (tertiary/aromatic N) is 3. The molecule has 1 N–H and O–H groups in total. The number of hydrogen-bond donors (Lipinski definition) is 1. The van der Waals surface area contributed by atoms with Gasteiger partial charge in [0.05, 0.1) is 28.3 Å². The largest absolute Gasteiger partial charge is 0.390 e. The molecule has 2 aromatic rings. The lowest BCUT2D eigenvalue weighted by atomic mass is 10.3. The van der Waals surface area contributed by atoms with Gasteiger partial charge in [-0.2, -0.15) is 0 Å². The van der Waals surface area contributed by atoms with E-state index < -0.39 is 4.92 Å². The fraction of sp³-hybridized carbons (Fsp3) is 0.182. The summed E-state index contributed by atoms with van der Waals surface area (Å²) in [5.74, 6) is 0. The van der Waals surface area contributed by atoms with Crippen molar-refractivity contribution >= 4 is 17.4 Å². The van der Waals surface area contributed by atoms with E-state index >= 15 is 0 Å². The summed E-state index contributed by atoms with van der Waals surface area (Å²) in [7, 11) is 1.76. The molecule has 0 aliphatic carbocycles. The van der Waals surface area contributed by atoms with E-state index in [0.717, 1.165) is 0 Å². The molecule has 0 unspecified atom stereocenters. The summed E-state index contributed by atoms with van der Waals surface area (Å²) < 4.78 is 1.71. The second-order valence-electron chi connectivity index (χ2n) is 3.58. The number of aliphatic hydroxyl groups excluding tert-OH is 1. The van der Waals surface area contributed by atoms with Crippen molar-refractivity contribution in [1.29, 1.82) is 0 Å². The van der Waals surface area contributed by atoms with Gasteiger partial charge in [0.2, 0.25) is 0 Å². The van der Waals surface area contributed by atoms with Gasteiger partial charge in [0.1, 0.15) is 0 Å². The van der Waals surface area contributed by atoms with Crippen molar-refractivity contribution in [3.8, 4) is 0 Å². The molecule has 0 spiro atoms. The van der Waals surface area contributed by atoms with Crippen molar-refractivity contribution in [2.75, 3.05) is 0 Å². The van der Waals surface area contributed by atoms with Crippen molar-refractivity contribution in [1.82, 2.24) is 9.55 Å². The maximum absolute atomic E-state index is 10.9. The van der Waals surface area contributed by atoms with Crippen LogP contribution in [0.5, 0.6) is 0 Å². The summed E-state index contributed by atoms with van der Waals surface area (Å²) in [6.45, 7) is -0.110. The molecule has 0 aliphatic rings. The van der Waals surface area contributed by atoms with E-state index in [1.165, 1.54) is 17.8 Å². The highest BCUT2D eigenvalue weighted by atomic mass is 32.2. The molecule has 2 rings (SSSR count). The van der Waals surface area contributed by atoms with Gasteiger partial charge in [-0.1, -0.05) is 12.1 Å². The Labute approximate surface area is 107 Å². The number of nitro groups is 1. The maximum Gasteiger partial charge on any atom is 0.283 e. The minimum Gasteiger partial charge on any atom is -0.390 e. The smallest absolute Gasteiger partial charge is 0.283 e. The van der Waals surface area contributed by atoms with Crippen LogP contribution in [-0.4, -0.2) is 19.6 Å². The van der Waals surface area contributed by atoms with Gasteiger partial charge in [0.15, 0.2) is 5.16 Å². The summed E-state index contributed by atoms with van der Waals surface area (Å²) >= 11 is 1.20. The number of imidazole rings is 1. The zero-order valence-electron chi connectivity index (χ0n) is 9.61. The Balaban J connectivity index is 2.34. The van der Waals surface area contributed by atoms with Crippen molar-refractivity contribution in [3.05, 3.63) is 46.3 Å². The summed E-state index contributed by atoms with van der Waals surface area (Å²) in [6.07, 6.45) is 1.55. The Morgan fingerprint density at radius 1 is 1.50 bits per heavy atom. The van der Waals surface area contributed by atoms with Crippen molar-refractivity contribution < 1.29 is 10.0 Å². The third-order valence-corrected chi connectivity index (χ3v) is 3.59. The van der Waals surface area contributed by atoms with Gasteiger partial charge in [0, 0.05) is 13.1 Å². The molecule has 0 saturated carbocycles. The normalized spacial score (nSPS) is 10.6. The number of hydrogen-bond acceptors (Lipinski definition) is 5. The number of aliphatic hydroxyl groups is 1. The Bertz CT molecular complexity index is 583. The molecule has 0 atom stereocenters. The van der Waals surface area contributed by atoms with E-state index in [4.69, 9.17) is 5.11 Å². The fourth-order valence-corrected chi connectivity index (χ4v) is 2.41. The monoisotopic (exact) mass is 265 g/mol. The van der Waals surface area contributed by atoms with Crippen molar-refractivity contribution in [2.24, 2.45) is 7.05 Å². The topological polar surface area (TPSA) is 81.2 Å². The van der Waals surface area contributed by atoms with Crippen LogP contribution in [0, 0.1) is 10.1 Å². The first-order valence-corrected chi connectivity index (χ1v) is 5.98. The third kappa shape index (κ3) is 2.36. The van der Waals surface area contributed by atoms with Crippen LogP contribution in [0.15, 0.2) is 40.5 Å². The molecule has 0 bridgehead atoms. The van der Waals surface area contributed by atoms with Gasteiger partial charge in [0.25, 0.3) is 5.69 Å². The van der Waals surface area contributed by atoms with Gasteiger partial charge in [-0.3, -0.25) is 10.1 Å². The zero-order chi connectivity index (χ0) is 13.1. The summed E-state index contributed by atoms with van der Waals surface area (Å²) in [5, 5.41) is 20.6. The summed E-state index contributed by atoms with van der Waals surface area (Å²) in [6, 6.07) is 6.50. The predicted octanol–water partition coefficient (Wildman–Crippen LogP) is 1.97. The van der Waals surface area contributed by atoms with Gasteiger partial charge < -0.3 is 9.67 Å². The number of benzene rings is 1. The third-order valence-electron chi connectivity index (χ3n) is 2.47. The Kier molecular flexibility index (Phi) is 3.63. The molecule has 1 aromatic carbocycles. The lowest BCUT2D eigenvalue weighted by Crippen LogP contribution is -1.97. The minimum absolute atomic E-state index is 0.0519. The lowest BCUT2D eigenvalue weighted by Gasteiger charge is -2.04. The van der Waals surface area contributed by atoms with Gasteiger partial charge >= 0.3 is 0 Å². The molecule has 1 heterocycles. The van der Waals surface area contributed by atoms with Gasteiger partial charge in [-0.15, -0.1) is 0 Å². The van der Waals surface area contributed by atoms with E-state index in [-0.39, 0.29) is 12.3 Å². The van der Waals surface area contributed by atoms with E-state index in [2.05, 4.69) is 4.98 Å². The molecule has 0 radical (unpaired) electrons. The second kappa shape index (κ2) is 5.19. The molecule has 94 valence electrons. The van der Waals surface area contributed by atoms with Crippen LogP contribution in [0.4, 0.5) is 5.69 Å². The molecule has 0 fully saturated rings. The standard InChI is InChI=1S/C11H11N3O3S/c1-13-8(7-15)6-12-11(13)18-10-5-3-2-4-9(10)14(16)17/h2-6,15H,7H2,1H3. The van der Waals surface area contributed by atoms with E-state index in [9.17, 15) is 10.1 Å². The number of aromatic nitrogens is 2. The highest BCUT2D eigenvalue weighted by Gasteiger charge is 2.16. The summed E-state index contributed by atoms with van der Waals surface area (Å²) in [5.41, 5.74) is 0.715. The van der Waals surface area contributed by atoms with E-state index in [1.54, 1.807) is 36.0 Å². The van der Waals surface area contributed by atoms with E-state index in [0.29, 0.717) is 15.7 Å². The molecule has 0 aliphatic heterocycles. The van der Waals surface area contributed by atoms with Crippen LogP contribution in [0.2, 0.25) is 0 Å². The van der Waals surface area contributed by atoms with Crippen LogP contribution in [0.3, 0.4) is 0 Å². The second-order valence-corrected chi connectivity index (χ2v) is 4.59. The molecule has 0 amide bonds. The average molecular weight is 265 g/mol. The first-order valence-electron chi connectivity index (χ1n) is 5.16. The lowest BCUT2D eigenvalue weighted by molar-refractivity contribution is -0.387. The zero-order valence-corrected chi connectivity index (χ0v) is 10.4. The predicted molar refractivity (Wildman–Crippen MR) is 66.4 cm³/mol. The van der Waals surface area contributed by atoms with Gasteiger partial charge in [-0.25, -0.2) is 4.98 Å². The molecule has 1 aromatic heterocycles. The number of nitro benzene ring substituents is 1. The van der Waals surface area contributed by atoms with Crippen LogP contribution >= 0.6 is 11.8 Å². The Morgan fingerprint density at radius 2 is 2.22 bits per heavy atom. The van der Waals surface area contributed by atoms with Gasteiger partial charge in [-0.05, 0) is 17.8 Å². The average Bonchev–Trinajstić information content (AvgIpc) is 2.71. The molecule has 18 heavy (non-hydrogen) atoms. The van der Waals surface area contributed by atoms with Crippen LogP contribution < -0.4 is 0 Å². The minimum atomic E-state index is -0.418. The van der Waals surface area contributed by atoms with Crippen LogP contribution in [0.25, 0.3) is 0 Å². The fourth-order valence-electron chi connectivity index (χ4n) is 1.46. The Morgan fingerprint density at radius 3 is 2.83 bits per heavy atom. The number of para-hydroxylation sites is 1. The molecule has 0 saturated heterocycles. The highest BCUT2D eigenvalue weighted by Crippen LogP contribution is 2.33. The quantitative estimate of drug-likeness (QED) is 0.675. The van der Waals surface area contributed by atoms with E-state index in [1.807, 2.05) is 0 Å². The molecule has 6 nitrogen and oxygen atoms in total. The van der Waals surface area contributed by atoms with Crippen LogP contribution in [-0.2, 0) is 13.7 Å². The molecule has 7 heteroatoms. The van der Waals surface area contributed by atoms with Crippen LogP contribution in [0.1, 0.15) is 5.69 Å². The molecular weight excluding hydrogens is 254 g/mol. The van der Waals surface area contributed by atoms with Crippen molar-refractivity contribution in [2.45, 2.75) is 16.7 Å².